The van der Waals surface area contributed by atoms with Gasteiger partial charge in [0.05, 0.1) is 38.3 Å². The summed E-state index contributed by atoms with van der Waals surface area (Å²) >= 11 is 0. The monoisotopic (exact) mass is 709 g/mol. The normalized spacial score (nSPS) is 13.2. The summed E-state index contributed by atoms with van der Waals surface area (Å²) in [6, 6.07) is 4.62. The first-order chi connectivity index (χ1) is 24.3. The van der Waals surface area contributed by atoms with Crippen molar-refractivity contribution < 1.29 is 38.7 Å². The number of H-pyrrole nitrogens is 2. The first kappa shape index (κ1) is 39.3. The zero-order valence-corrected chi connectivity index (χ0v) is 28.1. The van der Waals surface area contributed by atoms with Gasteiger partial charge in [-0.25, -0.2) is 14.8 Å². The van der Waals surface area contributed by atoms with E-state index in [1.807, 2.05) is 30.3 Å². The largest absolute Gasteiger partial charge is 0.480 e. The molecule has 0 saturated carbocycles. The van der Waals surface area contributed by atoms with Crippen molar-refractivity contribution >= 4 is 41.4 Å². The fourth-order valence-corrected chi connectivity index (χ4v) is 4.72. The Hall–Kier alpha value is -6.11. The summed E-state index contributed by atoms with van der Waals surface area (Å²) in [6.45, 7) is 1.61. The number of aromatic nitrogens is 4. The molecule has 2 heterocycles. The van der Waals surface area contributed by atoms with E-state index in [1.165, 1.54) is 25.0 Å². The number of nitrogens with one attached hydrogen (secondary N) is 8. The fraction of sp³-hybridized carbons (Fsp3) is 0.406. The molecule has 0 aliphatic rings. The van der Waals surface area contributed by atoms with Gasteiger partial charge in [0.1, 0.15) is 18.1 Å². The molecule has 2 aromatic heterocycles. The van der Waals surface area contributed by atoms with E-state index in [0.29, 0.717) is 11.4 Å². The van der Waals surface area contributed by atoms with Crippen LogP contribution in [-0.2, 0) is 52.8 Å². The van der Waals surface area contributed by atoms with Gasteiger partial charge in [-0.1, -0.05) is 44.2 Å². The lowest BCUT2D eigenvalue weighted by molar-refractivity contribution is -0.143. The van der Waals surface area contributed by atoms with E-state index < -0.39 is 91.1 Å². The number of amides is 6. The van der Waals surface area contributed by atoms with Crippen LogP contribution < -0.4 is 37.6 Å². The standard InChI is InChI=1S/C32H43N11O8/c1-18(2)28(32(50)51)43-27(46)15-38-31(49)24(10-21-12-35-17-40-21)42-26(45)14-37-30(48)23(9-20-11-34-16-39-20)41-25(44)13-36-29(47)22(33)8-19-6-4-3-5-7-19/h3-7,11-12,16-18,22-24,28H,8-10,13-15,33H2,1-2H3,(H,34,39)(H,35,40)(H,36,47)(H,37,48)(H,38,49)(H,41,44)(H,42,45)(H,43,46)(H,50,51). The van der Waals surface area contributed by atoms with Crippen LogP contribution in [0, 0.1) is 5.92 Å². The predicted molar refractivity (Wildman–Crippen MR) is 180 cm³/mol. The van der Waals surface area contributed by atoms with Gasteiger partial charge in [-0.3, -0.25) is 28.8 Å². The Bertz CT molecular complexity index is 1610. The van der Waals surface area contributed by atoms with E-state index in [1.54, 1.807) is 13.8 Å². The summed E-state index contributed by atoms with van der Waals surface area (Å²) in [4.78, 5) is 101. The number of aromatic amines is 2. The summed E-state index contributed by atoms with van der Waals surface area (Å²) in [5.74, 6) is -5.92. The number of nitrogens with zero attached hydrogens (tertiary/aromatic N) is 2. The van der Waals surface area contributed by atoms with Crippen molar-refractivity contribution in [1.29, 1.82) is 0 Å². The number of rotatable bonds is 20. The number of benzene rings is 1. The molecular weight excluding hydrogens is 666 g/mol. The van der Waals surface area contributed by atoms with Crippen molar-refractivity contribution in [3.8, 4) is 0 Å². The van der Waals surface area contributed by atoms with Crippen molar-refractivity contribution in [2.45, 2.75) is 57.3 Å². The maximum Gasteiger partial charge on any atom is 0.326 e. The number of hydrogen-bond acceptors (Lipinski definition) is 10. The number of aliphatic carboxylic acids is 1. The molecule has 11 N–H and O–H groups in total. The van der Waals surface area contributed by atoms with Crippen LogP contribution in [0.2, 0.25) is 0 Å². The Labute approximate surface area is 292 Å². The van der Waals surface area contributed by atoms with E-state index in [2.05, 4.69) is 51.8 Å². The number of carbonyl (C=O) groups is 7. The molecule has 0 fully saturated rings. The summed E-state index contributed by atoms with van der Waals surface area (Å²) in [6.07, 6.45) is 5.81. The first-order valence-electron chi connectivity index (χ1n) is 16.0. The van der Waals surface area contributed by atoms with Gasteiger partial charge < -0.3 is 52.7 Å². The van der Waals surface area contributed by atoms with Gasteiger partial charge in [-0.05, 0) is 17.9 Å². The number of hydrogen-bond donors (Lipinski definition) is 10. The van der Waals surface area contributed by atoms with Gasteiger partial charge in [-0.15, -0.1) is 0 Å². The molecule has 3 aromatic rings. The Morgan fingerprint density at radius 1 is 0.686 bits per heavy atom. The highest BCUT2D eigenvalue weighted by molar-refractivity contribution is 5.95. The Morgan fingerprint density at radius 3 is 1.55 bits per heavy atom. The van der Waals surface area contributed by atoms with Crippen LogP contribution >= 0.6 is 0 Å². The van der Waals surface area contributed by atoms with Crippen LogP contribution in [-0.4, -0.2) is 110 Å². The summed E-state index contributed by atoms with van der Waals surface area (Å²) in [5.41, 5.74) is 7.80. The van der Waals surface area contributed by atoms with Crippen LogP contribution in [0.4, 0.5) is 0 Å². The molecule has 4 unspecified atom stereocenters. The molecule has 3 rings (SSSR count). The lowest BCUT2D eigenvalue weighted by Crippen LogP contribution is -2.55. The lowest BCUT2D eigenvalue weighted by Gasteiger charge is -2.21. The summed E-state index contributed by atoms with van der Waals surface area (Å²) in [7, 11) is 0. The number of carboxylic acids is 1. The van der Waals surface area contributed by atoms with Crippen LogP contribution in [0.1, 0.15) is 30.8 Å². The Kier molecular flexibility index (Phi) is 15.3. The topological polar surface area (TPSA) is 295 Å². The summed E-state index contributed by atoms with van der Waals surface area (Å²) in [5, 5.41) is 23.9. The Balaban J connectivity index is 1.56. The third kappa shape index (κ3) is 13.7. The molecule has 19 heteroatoms. The zero-order chi connectivity index (χ0) is 37.3. The van der Waals surface area contributed by atoms with Crippen LogP contribution in [0.3, 0.4) is 0 Å². The third-order valence-electron chi connectivity index (χ3n) is 7.42. The van der Waals surface area contributed by atoms with E-state index in [9.17, 15) is 38.7 Å². The highest BCUT2D eigenvalue weighted by atomic mass is 16.4. The second-order valence-electron chi connectivity index (χ2n) is 11.9. The molecule has 4 atom stereocenters. The maximum absolute atomic E-state index is 13.2. The minimum absolute atomic E-state index is 0.0346. The van der Waals surface area contributed by atoms with E-state index in [-0.39, 0.29) is 19.3 Å². The van der Waals surface area contributed by atoms with Gasteiger partial charge in [-0.2, -0.15) is 0 Å². The maximum atomic E-state index is 13.2. The SMILES string of the molecule is CC(C)C(NC(=O)CNC(=O)C(Cc1cnc[nH]1)NC(=O)CNC(=O)C(Cc1cnc[nH]1)NC(=O)CNC(=O)C(N)Cc1ccccc1)C(=O)O. The third-order valence-corrected chi connectivity index (χ3v) is 7.42. The molecule has 0 radical (unpaired) electrons. The van der Waals surface area contributed by atoms with Crippen molar-refractivity contribution in [1.82, 2.24) is 51.8 Å². The van der Waals surface area contributed by atoms with Crippen molar-refractivity contribution in [2.75, 3.05) is 19.6 Å². The van der Waals surface area contributed by atoms with Crippen molar-refractivity contribution in [3.05, 3.63) is 72.3 Å². The Morgan fingerprint density at radius 2 is 1.14 bits per heavy atom. The number of nitrogens with two attached hydrogens (primary N) is 1. The van der Waals surface area contributed by atoms with E-state index >= 15 is 0 Å². The molecule has 1 aromatic carbocycles. The van der Waals surface area contributed by atoms with E-state index in [4.69, 9.17) is 5.73 Å². The smallest absolute Gasteiger partial charge is 0.326 e. The molecule has 6 amide bonds. The van der Waals surface area contributed by atoms with E-state index in [0.717, 1.165) is 5.56 Å². The minimum atomic E-state index is -1.23. The van der Waals surface area contributed by atoms with Gasteiger partial charge in [0, 0.05) is 36.6 Å². The second kappa shape index (κ2) is 19.8. The highest BCUT2D eigenvalue weighted by Crippen LogP contribution is 2.04. The van der Waals surface area contributed by atoms with Gasteiger partial charge >= 0.3 is 5.97 Å². The second-order valence-corrected chi connectivity index (χ2v) is 11.9. The predicted octanol–water partition coefficient (Wildman–Crippen LogP) is -2.97. The fourth-order valence-electron chi connectivity index (χ4n) is 4.72. The zero-order valence-electron chi connectivity index (χ0n) is 28.1. The molecule has 0 aliphatic carbocycles. The quantitative estimate of drug-likeness (QED) is 0.0565. The van der Waals surface area contributed by atoms with Gasteiger partial charge in [0.15, 0.2) is 0 Å². The molecule has 0 saturated heterocycles. The molecule has 274 valence electrons. The molecule has 51 heavy (non-hydrogen) atoms. The average molecular weight is 710 g/mol. The molecular formula is C32H43N11O8. The molecule has 0 bridgehead atoms. The van der Waals surface area contributed by atoms with Crippen molar-refractivity contribution in [3.63, 3.8) is 0 Å². The highest BCUT2D eigenvalue weighted by Gasteiger charge is 2.27. The summed E-state index contributed by atoms with van der Waals surface area (Å²) < 4.78 is 0. The molecule has 0 spiro atoms. The van der Waals surface area contributed by atoms with Crippen molar-refractivity contribution in [2.24, 2.45) is 11.7 Å². The lowest BCUT2D eigenvalue weighted by atomic mass is 10.0. The number of carboxylic acid groups (broad SMARTS) is 1. The molecule has 0 aliphatic heterocycles. The van der Waals surface area contributed by atoms with Crippen LogP contribution in [0.15, 0.2) is 55.4 Å². The van der Waals surface area contributed by atoms with Gasteiger partial charge in [0.25, 0.3) is 0 Å². The van der Waals surface area contributed by atoms with Crippen LogP contribution in [0.25, 0.3) is 0 Å². The average Bonchev–Trinajstić information content (AvgIpc) is 3.82. The minimum Gasteiger partial charge on any atom is -0.480 e. The molecule has 19 nitrogen and oxygen atoms in total. The first-order valence-corrected chi connectivity index (χ1v) is 16.0. The van der Waals surface area contributed by atoms with Gasteiger partial charge in [0.2, 0.25) is 35.4 Å². The number of carbonyl (C=O) groups excluding carboxylic acids is 6. The number of imidazole rings is 2. The van der Waals surface area contributed by atoms with Crippen LogP contribution in [0.5, 0.6) is 0 Å².